The smallest absolute Gasteiger partial charge is 0.0620 e. The molecule has 0 spiro atoms. The van der Waals surface area contributed by atoms with E-state index in [9.17, 15) is 5.11 Å². The van der Waals surface area contributed by atoms with Crippen molar-refractivity contribution in [2.75, 3.05) is 0 Å². The normalized spacial score (nSPS) is 18.1. The summed E-state index contributed by atoms with van der Waals surface area (Å²) in [6.07, 6.45) is 4.83. The maximum absolute atomic E-state index is 9.64. The summed E-state index contributed by atoms with van der Waals surface area (Å²) in [5, 5.41) is 9.64. The average molecular weight is 156 g/mol. The number of hydrogen-bond acceptors (Lipinski definition) is 1. The molecule has 0 aliphatic rings. The topological polar surface area (TPSA) is 20.2 Å². The van der Waals surface area contributed by atoms with Gasteiger partial charge in [-0.25, -0.2) is 0 Å². The number of hydrogen-bond donors (Lipinski definition) is 1. The Kier molecular flexibility index (Phi) is 4.43. The minimum atomic E-state index is -0.468. The van der Waals surface area contributed by atoms with E-state index in [-0.39, 0.29) is 0 Å². The molecule has 1 unspecified atom stereocenters. The highest BCUT2D eigenvalue weighted by molar-refractivity contribution is 4.96. The highest BCUT2D eigenvalue weighted by atomic mass is 16.3. The van der Waals surface area contributed by atoms with E-state index in [0.29, 0.717) is 0 Å². The summed E-state index contributed by atoms with van der Waals surface area (Å²) in [7, 11) is 0. The zero-order valence-electron chi connectivity index (χ0n) is 8.15. The minimum absolute atomic E-state index is 0.468. The van der Waals surface area contributed by atoms with Gasteiger partial charge in [-0.05, 0) is 40.0 Å². The molecule has 0 aliphatic heterocycles. The van der Waals surface area contributed by atoms with Gasteiger partial charge in [0.25, 0.3) is 0 Å². The Morgan fingerprint density at radius 2 is 2.09 bits per heavy atom. The molecule has 0 bridgehead atoms. The predicted octanol–water partition coefficient (Wildman–Crippen LogP) is 2.89. The molecule has 0 radical (unpaired) electrons. The zero-order valence-corrected chi connectivity index (χ0v) is 8.15. The SMILES string of the molecule is CC=C(C)CCC(C)(O)CC. The van der Waals surface area contributed by atoms with Gasteiger partial charge >= 0.3 is 0 Å². The van der Waals surface area contributed by atoms with E-state index in [1.807, 2.05) is 20.8 Å². The monoisotopic (exact) mass is 156 g/mol. The molecule has 0 aliphatic carbocycles. The molecular formula is C10H20O. The van der Waals surface area contributed by atoms with Crippen LogP contribution in [0, 0.1) is 0 Å². The summed E-state index contributed by atoms with van der Waals surface area (Å²) in [5.74, 6) is 0. The first-order valence-electron chi connectivity index (χ1n) is 4.36. The van der Waals surface area contributed by atoms with Gasteiger partial charge in [0, 0.05) is 0 Å². The van der Waals surface area contributed by atoms with Gasteiger partial charge in [-0.2, -0.15) is 0 Å². The Balaban J connectivity index is 3.70. The molecule has 1 N–H and O–H groups in total. The van der Waals surface area contributed by atoms with Crippen molar-refractivity contribution >= 4 is 0 Å². The van der Waals surface area contributed by atoms with Crippen LogP contribution in [0.2, 0.25) is 0 Å². The van der Waals surface area contributed by atoms with Crippen molar-refractivity contribution in [1.29, 1.82) is 0 Å². The Hall–Kier alpha value is -0.300. The van der Waals surface area contributed by atoms with Crippen molar-refractivity contribution in [3.05, 3.63) is 11.6 Å². The van der Waals surface area contributed by atoms with Crippen molar-refractivity contribution in [3.8, 4) is 0 Å². The van der Waals surface area contributed by atoms with Crippen LogP contribution in [0.25, 0.3) is 0 Å². The molecule has 11 heavy (non-hydrogen) atoms. The first-order valence-corrected chi connectivity index (χ1v) is 4.36. The molecule has 0 saturated heterocycles. The molecule has 66 valence electrons. The maximum Gasteiger partial charge on any atom is 0.0620 e. The van der Waals surface area contributed by atoms with Gasteiger partial charge in [0.05, 0.1) is 5.60 Å². The third-order valence-electron chi connectivity index (χ3n) is 2.31. The molecular weight excluding hydrogens is 136 g/mol. The molecule has 0 saturated carbocycles. The van der Waals surface area contributed by atoms with E-state index in [1.54, 1.807) is 0 Å². The first kappa shape index (κ1) is 10.7. The third-order valence-corrected chi connectivity index (χ3v) is 2.31. The maximum atomic E-state index is 9.64. The molecule has 0 rings (SSSR count). The molecule has 0 aromatic heterocycles. The Bertz CT molecular complexity index is 134. The van der Waals surface area contributed by atoms with Crippen molar-refractivity contribution < 1.29 is 5.11 Å². The predicted molar refractivity (Wildman–Crippen MR) is 49.6 cm³/mol. The first-order chi connectivity index (χ1) is 5.02. The van der Waals surface area contributed by atoms with Gasteiger partial charge < -0.3 is 5.11 Å². The third kappa shape index (κ3) is 5.02. The quantitative estimate of drug-likeness (QED) is 0.620. The summed E-state index contributed by atoms with van der Waals surface area (Å²) in [6, 6.07) is 0. The molecule has 0 amide bonds. The Labute approximate surface area is 70.1 Å². The molecule has 1 heteroatoms. The number of aliphatic hydroxyl groups is 1. The van der Waals surface area contributed by atoms with Crippen LogP contribution in [0.3, 0.4) is 0 Å². The molecule has 0 aromatic rings. The van der Waals surface area contributed by atoms with Gasteiger partial charge in [-0.3, -0.25) is 0 Å². The van der Waals surface area contributed by atoms with Crippen LogP contribution in [-0.2, 0) is 0 Å². The lowest BCUT2D eigenvalue weighted by Crippen LogP contribution is -2.22. The molecule has 0 heterocycles. The number of allylic oxidation sites excluding steroid dienone is 2. The highest BCUT2D eigenvalue weighted by Crippen LogP contribution is 2.18. The van der Waals surface area contributed by atoms with Gasteiger partial charge in [0.2, 0.25) is 0 Å². The van der Waals surface area contributed by atoms with E-state index in [2.05, 4.69) is 13.0 Å². The van der Waals surface area contributed by atoms with E-state index < -0.39 is 5.60 Å². The van der Waals surface area contributed by atoms with Gasteiger partial charge in [0.15, 0.2) is 0 Å². The summed E-state index contributed by atoms with van der Waals surface area (Å²) in [6.45, 7) is 8.06. The van der Waals surface area contributed by atoms with Crippen molar-refractivity contribution in [3.63, 3.8) is 0 Å². The lowest BCUT2D eigenvalue weighted by Gasteiger charge is -2.20. The van der Waals surface area contributed by atoms with Crippen LogP contribution < -0.4 is 0 Å². The van der Waals surface area contributed by atoms with Crippen LogP contribution in [-0.4, -0.2) is 10.7 Å². The molecule has 1 nitrogen and oxygen atoms in total. The van der Waals surface area contributed by atoms with E-state index in [0.717, 1.165) is 19.3 Å². The molecule has 1 atom stereocenters. The molecule has 0 aromatic carbocycles. The fourth-order valence-electron chi connectivity index (χ4n) is 0.788. The number of rotatable bonds is 4. The fraction of sp³-hybridized carbons (Fsp3) is 0.800. The molecule has 0 fully saturated rings. The lowest BCUT2D eigenvalue weighted by atomic mass is 9.95. The zero-order chi connectivity index (χ0) is 8.91. The fourth-order valence-corrected chi connectivity index (χ4v) is 0.788. The average Bonchev–Trinajstić information content (AvgIpc) is 2.00. The van der Waals surface area contributed by atoms with Crippen LogP contribution in [0.15, 0.2) is 11.6 Å². The van der Waals surface area contributed by atoms with Crippen LogP contribution in [0.5, 0.6) is 0 Å². The Morgan fingerprint density at radius 1 is 1.55 bits per heavy atom. The van der Waals surface area contributed by atoms with E-state index in [4.69, 9.17) is 0 Å². The summed E-state index contributed by atoms with van der Waals surface area (Å²) >= 11 is 0. The van der Waals surface area contributed by atoms with Gasteiger partial charge in [0.1, 0.15) is 0 Å². The largest absolute Gasteiger partial charge is 0.390 e. The van der Waals surface area contributed by atoms with Crippen LogP contribution in [0.4, 0.5) is 0 Å². The minimum Gasteiger partial charge on any atom is -0.390 e. The van der Waals surface area contributed by atoms with E-state index in [1.165, 1.54) is 5.57 Å². The summed E-state index contributed by atoms with van der Waals surface area (Å²) in [5.41, 5.74) is 0.892. The Morgan fingerprint density at radius 3 is 2.45 bits per heavy atom. The van der Waals surface area contributed by atoms with Crippen molar-refractivity contribution in [2.24, 2.45) is 0 Å². The summed E-state index contributed by atoms with van der Waals surface area (Å²) < 4.78 is 0. The lowest BCUT2D eigenvalue weighted by molar-refractivity contribution is 0.0473. The van der Waals surface area contributed by atoms with Crippen LogP contribution in [0.1, 0.15) is 47.0 Å². The van der Waals surface area contributed by atoms with Crippen molar-refractivity contribution in [1.82, 2.24) is 0 Å². The van der Waals surface area contributed by atoms with Crippen LogP contribution >= 0.6 is 0 Å². The second kappa shape index (κ2) is 4.55. The second-order valence-electron chi connectivity index (χ2n) is 3.49. The van der Waals surface area contributed by atoms with Gasteiger partial charge in [-0.15, -0.1) is 0 Å². The van der Waals surface area contributed by atoms with E-state index >= 15 is 0 Å². The standard InChI is InChI=1S/C10H20O/c1-5-9(3)7-8-10(4,11)6-2/h5,11H,6-8H2,1-4H3. The second-order valence-corrected chi connectivity index (χ2v) is 3.49. The van der Waals surface area contributed by atoms with Gasteiger partial charge in [-0.1, -0.05) is 18.6 Å². The highest BCUT2D eigenvalue weighted by Gasteiger charge is 2.16. The van der Waals surface area contributed by atoms with Crippen molar-refractivity contribution in [2.45, 2.75) is 52.6 Å². The summed E-state index contributed by atoms with van der Waals surface area (Å²) in [4.78, 5) is 0.